The van der Waals surface area contributed by atoms with Gasteiger partial charge in [-0.2, -0.15) is 0 Å². The molecule has 0 saturated carbocycles. The summed E-state index contributed by atoms with van der Waals surface area (Å²) in [5, 5.41) is 11.2. The number of nitrogens with zero attached hydrogens (tertiary/aromatic N) is 5. The summed E-state index contributed by atoms with van der Waals surface area (Å²) in [5.41, 5.74) is 0. The summed E-state index contributed by atoms with van der Waals surface area (Å²) >= 11 is 0. The van der Waals surface area contributed by atoms with E-state index in [1.165, 1.54) is 0 Å². The van der Waals surface area contributed by atoms with Crippen molar-refractivity contribution in [1.29, 1.82) is 0 Å². The highest BCUT2D eigenvalue weighted by atomic mass is 127. The van der Waals surface area contributed by atoms with Gasteiger partial charge in [0, 0.05) is 7.05 Å². The smallest absolute Gasteiger partial charge is 0.205 e. The Labute approximate surface area is 89.4 Å². The van der Waals surface area contributed by atoms with Crippen LogP contribution in [-0.2, 0) is 13.6 Å². The normalized spacial score (nSPS) is 11.0. The maximum Gasteiger partial charge on any atom is 0.205 e. The molecule has 70 valence electrons. The van der Waals surface area contributed by atoms with Crippen molar-refractivity contribution < 1.29 is 28.5 Å². The summed E-state index contributed by atoms with van der Waals surface area (Å²) < 4.78 is 2.54. The third kappa shape index (κ3) is 3.44. The van der Waals surface area contributed by atoms with Crippen LogP contribution in [0.25, 0.3) is 0 Å². The quantitative estimate of drug-likeness (QED) is 0.416. The Hall–Kier alpha value is -0.240. The lowest BCUT2D eigenvalue weighted by molar-refractivity contribution is -0.884. The highest BCUT2D eigenvalue weighted by Crippen LogP contribution is 1.99. The monoisotopic (exact) mass is 283 g/mol. The first-order chi connectivity index (χ1) is 4.99. The third-order valence-corrected chi connectivity index (χ3v) is 1.32. The minimum Gasteiger partial charge on any atom is -1.00 e. The van der Waals surface area contributed by atoms with E-state index < -0.39 is 0 Å². The van der Waals surface area contributed by atoms with Crippen LogP contribution >= 0.6 is 0 Å². The SMILES string of the molecule is Cn1nnnc1C[N+](C)(C)C.[I-]. The summed E-state index contributed by atoms with van der Waals surface area (Å²) in [4.78, 5) is 0. The van der Waals surface area contributed by atoms with E-state index in [9.17, 15) is 0 Å². The van der Waals surface area contributed by atoms with E-state index >= 15 is 0 Å². The van der Waals surface area contributed by atoms with Crippen molar-refractivity contribution in [3.63, 3.8) is 0 Å². The van der Waals surface area contributed by atoms with E-state index in [1.54, 1.807) is 4.68 Å². The number of quaternary nitrogens is 1. The van der Waals surface area contributed by atoms with Crippen molar-refractivity contribution in [1.82, 2.24) is 20.2 Å². The predicted octanol–water partition coefficient (Wildman–Crippen LogP) is -3.58. The number of aryl methyl sites for hydroxylation is 1. The zero-order valence-electron chi connectivity index (χ0n) is 7.82. The van der Waals surface area contributed by atoms with Gasteiger partial charge in [-0.05, 0) is 10.4 Å². The molecule has 0 aliphatic rings. The molecule has 0 atom stereocenters. The van der Waals surface area contributed by atoms with Gasteiger partial charge in [0.05, 0.1) is 21.1 Å². The van der Waals surface area contributed by atoms with Crippen LogP contribution in [0.2, 0.25) is 0 Å². The Kier molecular flexibility index (Phi) is 4.04. The van der Waals surface area contributed by atoms with Crippen molar-refractivity contribution in [2.24, 2.45) is 7.05 Å². The minimum atomic E-state index is 0. The number of hydrogen-bond donors (Lipinski definition) is 0. The summed E-state index contributed by atoms with van der Waals surface area (Å²) in [5.74, 6) is 0.914. The van der Waals surface area contributed by atoms with E-state index in [0.717, 1.165) is 16.9 Å². The lowest BCUT2D eigenvalue weighted by Gasteiger charge is -2.22. The fourth-order valence-electron chi connectivity index (χ4n) is 0.806. The van der Waals surface area contributed by atoms with Gasteiger partial charge in [-0.3, -0.25) is 0 Å². The molecule has 0 amide bonds. The standard InChI is InChI=1S/C6H14N5.HI/c1-10-6(7-8-9-10)5-11(2,3)4;/h5H2,1-4H3;1H/q+1;/p-1. The largest absolute Gasteiger partial charge is 1.00 e. The lowest BCUT2D eigenvalue weighted by Crippen LogP contribution is -3.00. The zero-order valence-corrected chi connectivity index (χ0v) is 9.98. The molecular formula is C6H14IN5. The Balaban J connectivity index is 0.00000121. The fraction of sp³-hybridized carbons (Fsp3) is 0.833. The number of halogens is 1. The molecule has 0 unspecified atom stereocenters. The van der Waals surface area contributed by atoms with Gasteiger partial charge in [-0.1, -0.05) is 0 Å². The average Bonchev–Trinajstić information content (AvgIpc) is 2.12. The Bertz CT molecular complexity index is 238. The molecule has 1 aromatic rings. The van der Waals surface area contributed by atoms with E-state index in [4.69, 9.17) is 0 Å². The van der Waals surface area contributed by atoms with Gasteiger partial charge in [0.25, 0.3) is 0 Å². The summed E-state index contributed by atoms with van der Waals surface area (Å²) in [6.45, 7) is 0.851. The van der Waals surface area contributed by atoms with Crippen LogP contribution in [0.4, 0.5) is 0 Å². The molecular weight excluding hydrogens is 269 g/mol. The summed E-state index contributed by atoms with van der Waals surface area (Å²) in [6.07, 6.45) is 0. The van der Waals surface area contributed by atoms with E-state index in [-0.39, 0.29) is 24.0 Å². The van der Waals surface area contributed by atoms with Crippen molar-refractivity contribution in [3.05, 3.63) is 5.82 Å². The van der Waals surface area contributed by atoms with Gasteiger partial charge in [-0.25, -0.2) is 4.68 Å². The van der Waals surface area contributed by atoms with Crippen LogP contribution < -0.4 is 24.0 Å². The molecule has 0 N–H and O–H groups in total. The maximum atomic E-state index is 3.89. The van der Waals surface area contributed by atoms with Crippen LogP contribution in [-0.4, -0.2) is 45.8 Å². The van der Waals surface area contributed by atoms with Crippen LogP contribution in [0.3, 0.4) is 0 Å². The molecule has 12 heavy (non-hydrogen) atoms. The van der Waals surface area contributed by atoms with Gasteiger partial charge in [0.15, 0.2) is 0 Å². The summed E-state index contributed by atoms with van der Waals surface area (Å²) in [7, 11) is 8.17. The van der Waals surface area contributed by atoms with Crippen LogP contribution in [0.15, 0.2) is 0 Å². The molecule has 1 heterocycles. The second-order valence-corrected chi connectivity index (χ2v) is 3.67. The number of aromatic nitrogens is 4. The minimum absolute atomic E-state index is 0. The molecule has 6 heteroatoms. The van der Waals surface area contributed by atoms with Crippen molar-refractivity contribution in [3.8, 4) is 0 Å². The molecule has 0 bridgehead atoms. The Morgan fingerprint density at radius 2 is 1.92 bits per heavy atom. The van der Waals surface area contributed by atoms with Gasteiger partial charge in [0.1, 0.15) is 6.54 Å². The van der Waals surface area contributed by atoms with E-state index in [1.807, 2.05) is 7.05 Å². The van der Waals surface area contributed by atoms with Crippen LogP contribution in [0, 0.1) is 0 Å². The molecule has 0 fully saturated rings. The average molecular weight is 283 g/mol. The van der Waals surface area contributed by atoms with Crippen molar-refractivity contribution in [2.75, 3.05) is 21.1 Å². The molecule has 0 radical (unpaired) electrons. The predicted molar refractivity (Wildman–Crippen MR) is 40.5 cm³/mol. The zero-order chi connectivity index (χ0) is 8.48. The van der Waals surface area contributed by atoms with Gasteiger partial charge < -0.3 is 28.5 Å². The molecule has 0 saturated heterocycles. The third-order valence-electron chi connectivity index (χ3n) is 1.32. The maximum absolute atomic E-state index is 3.89. The van der Waals surface area contributed by atoms with Gasteiger partial charge >= 0.3 is 0 Å². The first-order valence-electron chi connectivity index (χ1n) is 3.51. The molecule has 5 nitrogen and oxygen atoms in total. The van der Waals surface area contributed by atoms with Crippen molar-refractivity contribution in [2.45, 2.75) is 6.54 Å². The molecule has 0 aliphatic heterocycles. The molecule has 0 aliphatic carbocycles. The van der Waals surface area contributed by atoms with Crippen molar-refractivity contribution >= 4 is 0 Å². The Morgan fingerprint density at radius 1 is 1.33 bits per heavy atom. The fourth-order valence-corrected chi connectivity index (χ4v) is 0.806. The molecule has 0 aromatic carbocycles. The first kappa shape index (κ1) is 11.8. The number of tetrazole rings is 1. The van der Waals surface area contributed by atoms with Gasteiger partial charge in [-0.15, -0.1) is 5.10 Å². The van der Waals surface area contributed by atoms with E-state index in [2.05, 4.69) is 36.7 Å². The van der Waals surface area contributed by atoms with E-state index in [0.29, 0.717) is 0 Å². The summed E-state index contributed by atoms with van der Waals surface area (Å²) in [6, 6.07) is 0. The van der Waals surface area contributed by atoms with Gasteiger partial charge in [0.2, 0.25) is 5.82 Å². The molecule has 0 spiro atoms. The van der Waals surface area contributed by atoms with Crippen LogP contribution in [0.5, 0.6) is 0 Å². The molecule has 1 aromatic heterocycles. The van der Waals surface area contributed by atoms with Crippen LogP contribution in [0.1, 0.15) is 5.82 Å². The highest BCUT2D eigenvalue weighted by molar-refractivity contribution is 4.74. The number of rotatable bonds is 2. The number of hydrogen-bond acceptors (Lipinski definition) is 3. The second-order valence-electron chi connectivity index (χ2n) is 3.67. The first-order valence-corrected chi connectivity index (χ1v) is 3.51. The topological polar surface area (TPSA) is 43.6 Å². The Morgan fingerprint density at radius 3 is 2.25 bits per heavy atom. The second kappa shape index (κ2) is 4.13. The molecule has 1 rings (SSSR count). The lowest BCUT2D eigenvalue weighted by atomic mass is 10.5. The highest BCUT2D eigenvalue weighted by Gasteiger charge is 2.12.